The second-order valence-corrected chi connectivity index (χ2v) is 7.85. The number of thioether (sulfide) groups is 1. The van der Waals surface area contributed by atoms with Gasteiger partial charge in [0.25, 0.3) is 0 Å². The summed E-state index contributed by atoms with van der Waals surface area (Å²) in [5.74, 6) is 0.741. The molecule has 4 rings (SSSR count). The number of fused-ring (bicyclic) bond motifs is 1. The molecule has 0 saturated carbocycles. The Labute approximate surface area is 174 Å². The van der Waals surface area contributed by atoms with Crippen molar-refractivity contribution in [2.45, 2.75) is 30.3 Å². The van der Waals surface area contributed by atoms with Gasteiger partial charge < -0.3 is 0 Å². The lowest BCUT2D eigenvalue weighted by Crippen LogP contribution is -2.26. The predicted octanol–water partition coefficient (Wildman–Crippen LogP) is 4.68. The van der Waals surface area contributed by atoms with E-state index in [9.17, 15) is 5.26 Å². The highest BCUT2D eigenvalue weighted by Crippen LogP contribution is 2.37. The van der Waals surface area contributed by atoms with Crippen LogP contribution >= 0.6 is 11.8 Å². The smallest absolute Gasteiger partial charge is 0.175 e. The highest BCUT2D eigenvalue weighted by atomic mass is 32.2. The molecule has 0 unspecified atom stereocenters. The Hall–Kier alpha value is -3.17. The zero-order chi connectivity index (χ0) is 20.1. The van der Waals surface area contributed by atoms with Gasteiger partial charge in [-0.25, -0.2) is 4.98 Å². The van der Waals surface area contributed by atoms with E-state index in [1.807, 2.05) is 71.1 Å². The molecular formula is C23H21N5S. The molecule has 6 heteroatoms. The summed E-state index contributed by atoms with van der Waals surface area (Å²) in [6.45, 7) is 2.08. The Balaban J connectivity index is 1.65. The van der Waals surface area contributed by atoms with Gasteiger partial charge in [-0.2, -0.15) is 5.26 Å². The number of benzene rings is 2. The molecule has 2 heterocycles. The van der Waals surface area contributed by atoms with Crippen LogP contribution in [0.1, 0.15) is 30.2 Å². The van der Waals surface area contributed by atoms with Gasteiger partial charge in [0.05, 0.1) is 6.07 Å². The van der Waals surface area contributed by atoms with Gasteiger partial charge in [0, 0.05) is 17.5 Å². The zero-order valence-electron chi connectivity index (χ0n) is 16.2. The molecule has 4 aromatic rings. The highest BCUT2D eigenvalue weighted by molar-refractivity contribution is 7.99. The molecular weight excluding hydrogens is 378 g/mol. The summed E-state index contributed by atoms with van der Waals surface area (Å²) in [6, 6.07) is 24.7. The SMILES string of the molecule is CCc1cc2nncn2c(SCCC(C#N)(c2ccccc2)c2ccccc2)n1. The van der Waals surface area contributed by atoms with Crippen molar-refractivity contribution in [2.24, 2.45) is 0 Å². The van der Waals surface area contributed by atoms with Crippen molar-refractivity contribution in [1.29, 1.82) is 5.26 Å². The van der Waals surface area contributed by atoms with E-state index in [-0.39, 0.29) is 0 Å². The number of rotatable bonds is 7. The van der Waals surface area contributed by atoms with Gasteiger partial charge in [-0.3, -0.25) is 4.40 Å². The summed E-state index contributed by atoms with van der Waals surface area (Å²) in [5, 5.41) is 19.3. The lowest BCUT2D eigenvalue weighted by Gasteiger charge is -2.28. The van der Waals surface area contributed by atoms with Crippen molar-refractivity contribution in [3.05, 3.63) is 89.9 Å². The Morgan fingerprint density at radius 1 is 1.03 bits per heavy atom. The number of hydrogen-bond donors (Lipinski definition) is 0. The van der Waals surface area contributed by atoms with Gasteiger partial charge in [0.2, 0.25) is 0 Å². The average Bonchev–Trinajstić information content (AvgIpc) is 3.27. The van der Waals surface area contributed by atoms with Crippen LogP contribution in [0.3, 0.4) is 0 Å². The van der Waals surface area contributed by atoms with Gasteiger partial charge in [0.15, 0.2) is 10.8 Å². The number of nitrogens with zero attached hydrogens (tertiary/aromatic N) is 5. The van der Waals surface area contributed by atoms with Gasteiger partial charge in [0.1, 0.15) is 11.7 Å². The quantitative estimate of drug-likeness (QED) is 0.333. The number of aromatic nitrogens is 4. The fraction of sp³-hybridized carbons (Fsp3) is 0.217. The Morgan fingerprint density at radius 2 is 1.69 bits per heavy atom. The van der Waals surface area contributed by atoms with E-state index in [4.69, 9.17) is 4.98 Å². The number of aryl methyl sites for hydroxylation is 1. The molecule has 2 aromatic carbocycles. The van der Waals surface area contributed by atoms with E-state index in [0.29, 0.717) is 6.42 Å². The first kappa shape index (κ1) is 19.2. The molecule has 5 nitrogen and oxygen atoms in total. The molecule has 0 radical (unpaired) electrons. The normalized spacial score (nSPS) is 11.4. The van der Waals surface area contributed by atoms with Crippen LogP contribution in [0.25, 0.3) is 5.65 Å². The molecule has 0 aliphatic carbocycles. The Morgan fingerprint density at radius 3 is 2.28 bits per heavy atom. The summed E-state index contributed by atoms with van der Waals surface area (Å²) in [4.78, 5) is 4.75. The largest absolute Gasteiger partial charge is 0.260 e. The highest BCUT2D eigenvalue weighted by Gasteiger charge is 2.34. The van der Waals surface area contributed by atoms with Crippen LogP contribution in [0.5, 0.6) is 0 Å². The molecule has 0 amide bonds. The molecule has 2 aromatic heterocycles. The first-order valence-corrected chi connectivity index (χ1v) is 10.6. The molecule has 144 valence electrons. The van der Waals surface area contributed by atoms with Crippen molar-refractivity contribution in [3.8, 4) is 6.07 Å². The van der Waals surface area contributed by atoms with Gasteiger partial charge >= 0.3 is 0 Å². The third kappa shape index (κ3) is 3.74. The number of nitriles is 1. The minimum absolute atomic E-state index is 0.670. The lowest BCUT2D eigenvalue weighted by molar-refractivity contribution is 0.637. The fourth-order valence-corrected chi connectivity index (χ4v) is 4.56. The molecule has 0 saturated heterocycles. The maximum Gasteiger partial charge on any atom is 0.175 e. The van der Waals surface area contributed by atoms with Crippen LogP contribution in [0, 0.1) is 11.3 Å². The predicted molar refractivity (Wildman–Crippen MR) is 115 cm³/mol. The van der Waals surface area contributed by atoms with E-state index in [2.05, 4.69) is 23.2 Å². The third-order valence-electron chi connectivity index (χ3n) is 5.11. The summed E-state index contributed by atoms with van der Waals surface area (Å²) in [7, 11) is 0. The molecule has 0 spiro atoms. The van der Waals surface area contributed by atoms with Crippen LogP contribution in [0.4, 0.5) is 0 Å². The lowest BCUT2D eigenvalue weighted by atomic mass is 9.74. The summed E-state index contributed by atoms with van der Waals surface area (Å²) < 4.78 is 1.91. The fourth-order valence-electron chi connectivity index (χ4n) is 3.51. The van der Waals surface area contributed by atoms with E-state index < -0.39 is 5.41 Å². The van der Waals surface area contributed by atoms with E-state index in [1.54, 1.807) is 18.1 Å². The molecule has 0 atom stereocenters. The molecule has 0 N–H and O–H groups in total. The van der Waals surface area contributed by atoms with Crippen LogP contribution in [0.15, 0.2) is 78.2 Å². The van der Waals surface area contributed by atoms with E-state index in [1.165, 1.54) is 0 Å². The zero-order valence-corrected chi connectivity index (χ0v) is 17.0. The van der Waals surface area contributed by atoms with Crippen LogP contribution in [-0.2, 0) is 11.8 Å². The monoisotopic (exact) mass is 399 g/mol. The van der Waals surface area contributed by atoms with Crippen LogP contribution < -0.4 is 0 Å². The average molecular weight is 400 g/mol. The standard InChI is InChI=1S/C23H21N5S/c1-2-20-15-21-27-25-17-28(21)22(26-20)29-14-13-23(16-24,18-9-5-3-6-10-18)19-11-7-4-8-12-19/h3-12,15,17H,2,13-14H2,1H3. The first-order valence-electron chi connectivity index (χ1n) is 9.61. The molecule has 0 bridgehead atoms. The Bertz CT molecular complexity index is 1090. The molecule has 0 fully saturated rings. The molecule has 0 aliphatic heterocycles. The minimum atomic E-state index is -0.704. The maximum atomic E-state index is 10.3. The topological polar surface area (TPSA) is 66.9 Å². The van der Waals surface area contributed by atoms with Gasteiger partial charge in [-0.15, -0.1) is 10.2 Å². The second-order valence-electron chi connectivity index (χ2n) is 6.79. The summed E-state index contributed by atoms with van der Waals surface area (Å²) in [5.41, 5.74) is 3.12. The maximum absolute atomic E-state index is 10.3. The minimum Gasteiger partial charge on any atom is -0.260 e. The number of hydrogen-bond acceptors (Lipinski definition) is 5. The van der Waals surface area contributed by atoms with Crippen molar-refractivity contribution in [3.63, 3.8) is 0 Å². The third-order valence-corrected chi connectivity index (χ3v) is 6.06. The Kier molecular flexibility index (Phi) is 5.59. The van der Waals surface area contributed by atoms with Crippen LogP contribution in [0.2, 0.25) is 0 Å². The molecule has 29 heavy (non-hydrogen) atoms. The molecule has 0 aliphatic rings. The van der Waals surface area contributed by atoms with Crippen molar-refractivity contribution in [1.82, 2.24) is 19.6 Å². The van der Waals surface area contributed by atoms with E-state index in [0.717, 1.165) is 39.8 Å². The van der Waals surface area contributed by atoms with Crippen molar-refractivity contribution in [2.75, 3.05) is 5.75 Å². The summed E-state index contributed by atoms with van der Waals surface area (Å²) >= 11 is 1.64. The van der Waals surface area contributed by atoms with Crippen LogP contribution in [-0.4, -0.2) is 25.3 Å². The van der Waals surface area contributed by atoms with Crippen molar-refractivity contribution < 1.29 is 0 Å². The summed E-state index contributed by atoms with van der Waals surface area (Å²) in [6.07, 6.45) is 3.20. The van der Waals surface area contributed by atoms with Gasteiger partial charge in [-0.05, 0) is 24.0 Å². The second kappa shape index (κ2) is 8.46. The van der Waals surface area contributed by atoms with E-state index >= 15 is 0 Å². The first-order chi connectivity index (χ1) is 14.3. The van der Waals surface area contributed by atoms with Gasteiger partial charge in [-0.1, -0.05) is 79.3 Å². The van der Waals surface area contributed by atoms with Crippen molar-refractivity contribution >= 4 is 17.4 Å².